The molecular weight excluding hydrogens is 264 g/mol. The number of fused-ring (bicyclic) bond motifs is 1. The van der Waals surface area contributed by atoms with E-state index in [4.69, 9.17) is 5.11 Å². The Bertz CT molecular complexity index is 700. The predicted octanol–water partition coefficient (Wildman–Crippen LogP) is -0.984. The Morgan fingerprint density at radius 3 is 2.75 bits per heavy atom. The van der Waals surface area contributed by atoms with Gasteiger partial charge in [-0.2, -0.15) is 0 Å². The number of aryl methyl sites for hydroxylation is 2. The molecule has 0 fully saturated rings. The average Bonchev–Trinajstić information content (AvgIpc) is 2.85. The summed E-state index contributed by atoms with van der Waals surface area (Å²) < 4.78 is 1.28. The summed E-state index contributed by atoms with van der Waals surface area (Å²) in [5.74, 6) is 0.630. The fourth-order valence-corrected chi connectivity index (χ4v) is 2.03. The van der Waals surface area contributed by atoms with Gasteiger partial charge in [0.25, 0.3) is 5.56 Å². The third kappa shape index (κ3) is 2.97. The smallest absolute Gasteiger partial charge is 0.329 e. The van der Waals surface area contributed by atoms with Gasteiger partial charge in [-0.1, -0.05) is 6.42 Å². The van der Waals surface area contributed by atoms with Gasteiger partial charge in [0.05, 0.1) is 12.7 Å². The van der Waals surface area contributed by atoms with Gasteiger partial charge in [-0.25, -0.2) is 9.78 Å². The van der Waals surface area contributed by atoms with Gasteiger partial charge in [-0.05, 0) is 12.8 Å². The van der Waals surface area contributed by atoms with Crippen molar-refractivity contribution in [1.82, 2.24) is 19.5 Å². The minimum absolute atomic E-state index is 0.234. The number of H-pyrrole nitrogens is 2. The van der Waals surface area contributed by atoms with E-state index in [1.54, 1.807) is 7.05 Å². The van der Waals surface area contributed by atoms with Crippen molar-refractivity contribution in [1.29, 1.82) is 0 Å². The molecule has 0 aliphatic carbocycles. The van der Waals surface area contributed by atoms with Crippen molar-refractivity contribution in [3.8, 4) is 0 Å². The van der Waals surface area contributed by atoms with Crippen molar-refractivity contribution < 1.29 is 10.2 Å². The van der Waals surface area contributed by atoms with Gasteiger partial charge >= 0.3 is 5.69 Å². The van der Waals surface area contributed by atoms with Crippen LogP contribution in [-0.4, -0.2) is 42.4 Å². The van der Waals surface area contributed by atoms with Crippen molar-refractivity contribution in [3.63, 3.8) is 0 Å². The number of aliphatic hydroxyl groups excluding tert-OH is 2. The lowest BCUT2D eigenvalue weighted by atomic mass is 10.1. The maximum atomic E-state index is 11.6. The van der Waals surface area contributed by atoms with Crippen LogP contribution in [-0.2, 0) is 13.5 Å². The standard InChI is InChI=1S/C12H18N4O4/c1-16-10-9(11(19)15-12(16)20)13-8(14-10)5-3-2-4-7(18)6-17/h7,17-18H,2-6H2,1H3,(H,13,14)(H,15,19,20). The van der Waals surface area contributed by atoms with Gasteiger partial charge in [0.1, 0.15) is 11.3 Å². The molecule has 2 rings (SSSR count). The van der Waals surface area contributed by atoms with Gasteiger partial charge in [-0.15, -0.1) is 0 Å². The number of hydrogen-bond donors (Lipinski definition) is 4. The van der Waals surface area contributed by atoms with E-state index < -0.39 is 17.4 Å². The highest BCUT2D eigenvalue weighted by Gasteiger charge is 2.10. The summed E-state index contributed by atoms with van der Waals surface area (Å²) >= 11 is 0. The number of aromatic nitrogens is 4. The molecule has 8 nitrogen and oxygen atoms in total. The summed E-state index contributed by atoms with van der Waals surface area (Å²) in [4.78, 5) is 32.4. The van der Waals surface area contributed by atoms with Gasteiger partial charge in [0.15, 0.2) is 5.65 Å². The van der Waals surface area contributed by atoms with E-state index >= 15 is 0 Å². The third-order valence-corrected chi connectivity index (χ3v) is 3.22. The van der Waals surface area contributed by atoms with Crippen LogP contribution in [0.2, 0.25) is 0 Å². The maximum absolute atomic E-state index is 11.6. The molecule has 2 heterocycles. The van der Waals surface area contributed by atoms with Crippen LogP contribution in [0.5, 0.6) is 0 Å². The number of unbranched alkanes of at least 4 members (excludes halogenated alkanes) is 1. The minimum atomic E-state index is -0.686. The number of rotatable bonds is 6. The molecule has 0 amide bonds. The number of hydrogen-bond acceptors (Lipinski definition) is 5. The monoisotopic (exact) mass is 282 g/mol. The first-order chi connectivity index (χ1) is 9.52. The fraction of sp³-hybridized carbons (Fsp3) is 0.583. The first-order valence-electron chi connectivity index (χ1n) is 6.49. The van der Waals surface area contributed by atoms with E-state index in [-0.39, 0.29) is 12.1 Å². The molecule has 0 saturated heterocycles. The van der Waals surface area contributed by atoms with Crippen LogP contribution in [0.1, 0.15) is 25.1 Å². The second-order valence-corrected chi connectivity index (χ2v) is 4.78. The number of imidazole rings is 1. The average molecular weight is 282 g/mol. The molecule has 0 spiro atoms. The number of nitrogens with one attached hydrogen (secondary N) is 2. The molecule has 0 aliphatic rings. The lowest BCUT2D eigenvalue weighted by Crippen LogP contribution is -2.28. The molecule has 0 aromatic carbocycles. The van der Waals surface area contributed by atoms with Crippen LogP contribution in [0.4, 0.5) is 0 Å². The van der Waals surface area contributed by atoms with E-state index in [1.165, 1.54) is 4.57 Å². The Kier molecular flexibility index (Phi) is 4.35. The summed E-state index contributed by atoms with van der Waals surface area (Å²) in [5.41, 5.74) is -0.342. The molecule has 0 radical (unpaired) electrons. The molecule has 2 aromatic rings. The molecule has 1 atom stereocenters. The molecule has 0 aliphatic heterocycles. The number of aromatic amines is 2. The van der Waals surface area contributed by atoms with Crippen molar-refractivity contribution in [2.45, 2.75) is 31.8 Å². The van der Waals surface area contributed by atoms with Crippen LogP contribution >= 0.6 is 0 Å². The molecule has 110 valence electrons. The van der Waals surface area contributed by atoms with Gasteiger partial charge < -0.3 is 15.2 Å². The zero-order valence-corrected chi connectivity index (χ0v) is 11.2. The highest BCUT2D eigenvalue weighted by molar-refractivity contribution is 5.69. The Hall–Kier alpha value is -1.93. The van der Waals surface area contributed by atoms with E-state index in [2.05, 4.69) is 15.0 Å². The molecular formula is C12H18N4O4. The zero-order chi connectivity index (χ0) is 14.7. The zero-order valence-electron chi connectivity index (χ0n) is 11.2. The topological polar surface area (TPSA) is 124 Å². The predicted molar refractivity (Wildman–Crippen MR) is 72.6 cm³/mol. The number of aliphatic hydroxyl groups is 2. The van der Waals surface area contributed by atoms with Crippen molar-refractivity contribution in [2.75, 3.05) is 6.61 Å². The summed E-state index contributed by atoms with van der Waals surface area (Å²) in [7, 11) is 1.54. The molecule has 1 unspecified atom stereocenters. The molecule has 0 saturated carbocycles. The summed E-state index contributed by atoms with van der Waals surface area (Å²) in [5, 5.41) is 17.9. The lowest BCUT2D eigenvalue weighted by molar-refractivity contribution is 0.0861. The second-order valence-electron chi connectivity index (χ2n) is 4.78. The Balaban J connectivity index is 2.09. The maximum Gasteiger partial charge on any atom is 0.329 e. The Morgan fingerprint density at radius 1 is 1.30 bits per heavy atom. The quantitative estimate of drug-likeness (QED) is 0.507. The Labute approximate surface area is 114 Å². The highest BCUT2D eigenvalue weighted by Crippen LogP contribution is 2.08. The largest absolute Gasteiger partial charge is 0.394 e. The van der Waals surface area contributed by atoms with E-state index in [0.717, 1.165) is 12.8 Å². The summed E-state index contributed by atoms with van der Waals surface area (Å²) in [6, 6.07) is 0. The Morgan fingerprint density at radius 2 is 2.05 bits per heavy atom. The SMILES string of the molecule is Cn1c(=O)[nH]c(=O)c2[nH]c(CCCCC(O)CO)nc21. The normalized spacial score (nSPS) is 12.9. The van der Waals surface area contributed by atoms with Crippen LogP contribution in [0.25, 0.3) is 11.2 Å². The summed E-state index contributed by atoms with van der Waals surface area (Å²) in [6.07, 6.45) is 1.96. The first-order valence-corrected chi connectivity index (χ1v) is 6.49. The molecule has 0 bridgehead atoms. The highest BCUT2D eigenvalue weighted by atomic mass is 16.3. The van der Waals surface area contributed by atoms with Gasteiger partial charge in [-0.3, -0.25) is 14.3 Å². The van der Waals surface area contributed by atoms with E-state index in [9.17, 15) is 14.7 Å². The number of nitrogens with zero attached hydrogens (tertiary/aromatic N) is 2. The molecule has 4 N–H and O–H groups in total. The molecule has 8 heteroatoms. The molecule has 2 aromatic heterocycles. The fourth-order valence-electron chi connectivity index (χ4n) is 2.03. The first kappa shape index (κ1) is 14.5. The van der Waals surface area contributed by atoms with Crippen LogP contribution in [0.3, 0.4) is 0 Å². The van der Waals surface area contributed by atoms with E-state index in [1.807, 2.05) is 0 Å². The van der Waals surface area contributed by atoms with Crippen LogP contribution in [0.15, 0.2) is 9.59 Å². The van der Waals surface area contributed by atoms with Gasteiger partial charge in [0, 0.05) is 13.5 Å². The van der Waals surface area contributed by atoms with Gasteiger partial charge in [0.2, 0.25) is 0 Å². The third-order valence-electron chi connectivity index (χ3n) is 3.22. The van der Waals surface area contributed by atoms with Crippen LogP contribution in [0, 0.1) is 0 Å². The molecule has 20 heavy (non-hydrogen) atoms. The van der Waals surface area contributed by atoms with E-state index in [0.29, 0.717) is 24.3 Å². The lowest BCUT2D eigenvalue weighted by Gasteiger charge is -2.05. The summed E-state index contributed by atoms with van der Waals surface area (Å²) in [6.45, 7) is -0.234. The van der Waals surface area contributed by atoms with Crippen molar-refractivity contribution in [3.05, 3.63) is 26.7 Å². The van der Waals surface area contributed by atoms with Crippen LogP contribution < -0.4 is 11.2 Å². The van der Waals surface area contributed by atoms with Crippen molar-refractivity contribution in [2.24, 2.45) is 7.05 Å². The second kappa shape index (κ2) is 6.02. The van der Waals surface area contributed by atoms with Crippen molar-refractivity contribution >= 4 is 11.2 Å². The minimum Gasteiger partial charge on any atom is -0.394 e.